The molecule has 0 radical (unpaired) electrons. The molecule has 0 aliphatic carbocycles. The molecule has 66 valence electrons. The smallest absolute Gasteiger partial charge is 0.103 e. The van der Waals surface area contributed by atoms with Crippen molar-refractivity contribution in [3.63, 3.8) is 0 Å². The number of hydrogen-bond acceptors (Lipinski definition) is 2. The van der Waals surface area contributed by atoms with Gasteiger partial charge in [-0.15, -0.1) is 0 Å². The average Bonchev–Trinajstić information content (AvgIpc) is 2.45. The molecule has 3 heteroatoms. The number of rotatable bonds is 4. The molecule has 0 bridgehead atoms. The Kier molecular flexibility index (Phi) is 3.51. The number of aryl methyl sites for hydroxylation is 1. The second-order valence-corrected chi connectivity index (χ2v) is 2.81. The van der Waals surface area contributed by atoms with Crippen molar-refractivity contribution in [2.75, 3.05) is 6.54 Å². The van der Waals surface area contributed by atoms with Crippen molar-refractivity contribution in [1.82, 2.24) is 9.97 Å². The van der Waals surface area contributed by atoms with Crippen LogP contribution in [0, 0.1) is 6.92 Å². The van der Waals surface area contributed by atoms with Crippen molar-refractivity contribution in [3.8, 4) is 0 Å². The SMILES string of the molecule is CCCCN=Cc1cnc(C)[nH]1. The molecule has 1 N–H and O–H groups in total. The largest absolute Gasteiger partial charge is 0.341 e. The highest BCUT2D eigenvalue weighted by Crippen LogP contribution is 1.92. The zero-order valence-corrected chi connectivity index (χ0v) is 7.67. The fourth-order valence-corrected chi connectivity index (χ4v) is 0.918. The van der Waals surface area contributed by atoms with Gasteiger partial charge in [-0.25, -0.2) is 4.98 Å². The van der Waals surface area contributed by atoms with Gasteiger partial charge in [0.05, 0.1) is 11.9 Å². The number of imidazole rings is 1. The maximum Gasteiger partial charge on any atom is 0.103 e. The Morgan fingerprint density at radius 2 is 2.50 bits per heavy atom. The Morgan fingerprint density at radius 1 is 1.67 bits per heavy atom. The maximum atomic E-state index is 4.25. The van der Waals surface area contributed by atoms with Crippen LogP contribution in [0.5, 0.6) is 0 Å². The van der Waals surface area contributed by atoms with E-state index in [1.54, 1.807) is 6.20 Å². The van der Waals surface area contributed by atoms with Gasteiger partial charge in [-0.05, 0) is 13.3 Å². The Balaban J connectivity index is 2.36. The Bertz CT molecular complexity index is 250. The number of aromatic nitrogens is 2. The zero-order chi connectivity index (χ0) is 8.81. The highest BCUT2D eigenvalue weighted by Gasteiger charge is 1.90. The number of aliphatic imine (C=N–C) groups is 1. The molecule has 1 heterocycles. The summed E-state index contributed by atoms with van der Waals surface area (Å²) in [5.74, 6) is 0.937. The molecule has 0 saturated carbocycles. The van der Waals surface area contributed by atoms with E-state index in [1.807, 2.05) is 13.1 Å². The Hall–Kier alpha value is -1.12. The number of nitrogens with zero attached hydrogens (tertiary/aromatic N) is 2. The van der Waals surface area contributed by atoms with Crippen molar-refractivity contribution in [1.29, 1.82) is 0 Å². The first-order valence-electron chi connectivity index (χ1n) is 4.34. The summed E-state index contributed by atoms with van der Waals surface area (Å²) in [6, 6.07) is 0. The molecule has 0 aromatic carbocycles. The van der Waals surface area contributed by atoms with Gasteiger partial charge in [-0.1, -0.05) is 13.3 Å². The fourth-order valence-electron chi connectivity index (χ4n) is 0.918. The summed E-state index contributed by atoms with van der Waals surface area (Å²) < 4.78 is 0. The minimum Gasteiger partial charge on any atom is -0.341 e. The van der Waals surface area contributed by atoms with Crippen LogP contribution in [0.25, 0.3) is 0 Å². The summed E-state index contributed by atoms with van der Waals surface area (Å²) in [6.45, 7) is 5.01. The topological polar surface area (TPSA) is 41.0 Å². The van der Waals surface area contributed by atoms with E-state index in [9.17, 15) is 0 Å². The lowest BCUT2D eigenvalue weighted by atomic mass is 10.3. The van der Waals surface area contributed by atoms with E-state index in [1.165, 1.54) is 6.42 Å². The third-order valence-electron chi connectivity index (χ3n) is 1.59. The van der Waals surface area contributed by atoms with Gasteiger partial charge in [0.1, 0.15) is 5.82 Å². The molecular weight excluding hydrogens is 150 g/mol. The predicted molar refractivity (Wildman–Crippen MR) is 50.7 cm³/mol. The summed E-state index contributed by atoms with van der Waals surface area (Å²) in [6.07, 6.45) is 5.99. The van der Waals surface area contributed by atoms with Gasteiger partial charge >= 0.3 is 0 Å². The minimum absolute atomic E-state index is 0.911. The number of aromatic amines is 1. The molecule has 0 spiro atoms. The first kappa shape index (κ1) is 8.97. The summed E-state index contributed by atoms with van der Waals surface area (Å²) >= 11 is 0. The minimum atomic E-state index is 0.911. The van der Waals surface area contributed by atoms with Crippen LogP contribution in [0.3, 0.4) is 0 Å². The van der Waals surface area contributed by atoms with Gasteiger partial charge in [-0.2, -0.15) is 0 Å². The van der Waals surface area contributed by atoms with Crippen molar-refractivity contribution in [3.05, 3.63) is 17.7 Å². The number of hydrogen-bond donors (Lipinski definition) is 1. The molecule has 0 aliphatic heterocycles. The van der Waals surface area contributed by atoms with Gasteiger partial charge in [0.15, 0.2) is 0 Å². The second kappa shape index (κ2) is 4.70. The third kappa shape index (κ3) is 2.86. The van der Waals surface area contributed by atoms with Crippen LogP contribution >= 0.6 is 0 Å². The zero-order valence-electron chi connectivity index (χ0n) is 7.67. The number of unbranched alkanes of at least 4 members (excludes halogenated alkanes) is 1. The van der Waals surface area contributed by atoms with Crippen LogP contribution in [0.1, 0.15) is 31.3 Å². The van der Waals surface area contributed by atoms with Crippen molar-refractivity contribution < 1.29 is 0 Å². The lowest BCUT2D eigenvalue weighted by Crippen LogP contribution is -1.84. The van der Waals surface area contributed by atoms with Gasteiger partial charge in [-0.3, -0.25) is 4.99 Å². The van der Waals surface area contributed by atoms with Crippen LogP contribution in [-0.4, -0.2) is 22.7 Å². The molecule has 0 fully saturated rings. The Morgan fingerprint density at radius 3 is 3.08 bits per heavy atom. The molecule has 0 unspecified atom stereocenters. The average molecular weight is 165 g/mol. The fraction of sp³-hybridized carbons (Fsp3) is 0.556. The summed E-state index contributed by atoms with van der Waals surface area (Å²) in [5.41, 5.74) is 0.989. The molecule has 0 atom stereocenters. The standard InChI is InChI=1S/C9H15N3/c1-3-4-5-10-6-9-7-11-8(2)12-9/h6-7H,3-5H2,1-2H3,(H,11,12). The van der Waals surface area contributed by atoms with Gasteiger partial charge < -0.3 is 4.98 Å². The van der Waals surface area contributed by atoms with E-state index in [4.69, 9.17) is 0 Å². The van der Waals surface area contributed by atoms with Crippen LogP contribution in [0.15, 0.2) is 11.2 Å². The highest BCUT2D eigenvalue weighted by atomic mass is 14.9. The molecule has 3 nitrogen and oxygen atoms in total. The Labute approximate surface area is 72.9 Å². The van der Waals surface area contributed by atoms with E-state index in [0.717, 1.165) is 24.5 Å². The van der Waals surface area contributed by atoms with Gasteiger partial charge in [0.25, 0.3) is 0 Å². The molecule has 1 rings (SSSR count). The lowest BCUT2D eigenvalue weighted by molar-refractivity contribution is 0.810. The number of nitrogens with one attached hydrogen (secondary N) is 1. The molecule has 0 aliphatic rings. The van der Waals surface area contributed by atoms with E-state index in [0.29, 0.717) is 0 Å². The summed E-state index contributed by atoms with van der Waals surface area (Å²) in [4.78, 5) is 11.4. The normalized spacial score (nSPS) is 11.2. The summed E-state index contributed by atoms with van der Waals surface area (Å²) in [7, 11) is 0. The van der Waals surface area contributed by atoms with Crippen LogP contribution in [0.4, 0.5) is 0 Å². The molecular formula is C9H15N3. The highest BCUT2D eigenvalue weighted by molar-refractivity contribution is 5.76. The van der Waals surface area contributed by atoms with Crippen LogP contribution in [-0.2, 0) is 0 Å². The second-order valence-electron chi connectivity index (χ2n) is 2.81. The number of H-pyrrole nitrogens is 1. The first-order valence-corrected chi connectivity index (χ1v) is 4.34. The lowest BCUT2D eigenvalue weighted by Gasteiger charge is -1.88. The summed E-state index contributed by atoms with van der Waals surface area (Å²) in [5, 5.41) is 0. The first-order chi connectivity index (χ1) is 5.83. The van der Waals surface area contributed by atoms with E-state index in [2.05, 4.69) is 21.9 Å². The molecule has 1 aromatic rings. The van der Waals surface area contributed by atoms with E-state index < -0.39 is 0 Å². The predicted octanol–water partition coefficient (Wildman–Crippen LogP) is 1.94. The third-order valence-corrected chi connectivity index (χ3v) is 1.59. The molecule has 0 amide bonds. The van der Waals surface area contributed by atoms with Crippen molar-refractivity contribution in [2.45, 2.75) is 26.7 Å². The monoisotopic (exact) mass is 165 g/mol. The molecule has 12 heavy (non-hydrogen) atoms. The van der Waals surface area contributed by atoms with E-state index >= 15 is 0 Å². The van der Waals surface area contributed by atoms with Crippen LogP contribution < -0.4 is 0 Å². The van der Waals surface area contributed by atoms with Crippen molar-refractivity contribution in [2.24, 2.45) is 4.99 Å². The van der Waals surface area contributed by atoms with Crippen LogP contribution in [0.2, 0.25) is 0 Å². The maximum absolute atomic E-state index is 4.25. The van der Waals surface area contributed by atoms with Gasteiger partial charge in [0, 0.05) is 12.8 Å². The van der Waals surface area contributed by atoms with Crippen molar-refractivity contribution >= 4 is 6.21 Å². The molecule has 1 aromatic heterocycles. The quantitative estimate of drug-likeness (QED) is 0.537. The van der Waals surface area contributed by atoms with E-state index in [-0.39, 0.29) is 0 Å². The van der Waals surface area contributed by atoms with Gasteiger partial charge in [0.2, 0.25) is 0 Å². The molecule has 0 saturated heterocycles.